The van der Waals surface area contributed by atoms with Gasteiger partial charge in [0.05, 0.1) is 47.1 Å². The highest BCUT2D eigenvalue weighted by Crippen LogP contribution is 2.45. The molecule has 6 amide bonds. The van der Waals surface area contributed by atoms with Gasteiger partial charge in [-0.1, -0.05) is 68.3 Å². The third-order valence-electron chi connectivity index (χ3n) is 11.0. The van der Waals surface area contributed by atoms with Crippen LogP contribution in [-0.4, -0.2) is 118 Å². The zero-order valence-corrected chi connectivity index (χ0v) is 39.7. The Kier molecular flexibility index (Phi) is 20.6. The second-order valence-corrected chi connectivity index (χ2v) is 17.4. The van der Waals surface area contributed by atoms with Gasteiger partial charge in [-0.05, 0) is 92.0 Å². The molecule has 0 spiro atoms. The van der Waals surface area contributed by atoms with E-state index in [2.05, 4.69) is 33.5 Å². The highest BCUT2D eigenvalue weighted by molar-refractivity contribution is 5.94. The lowest BCUT2D eigenvalue weighted by molar-refractivity contribution is -0.145. The number of hydrogen-bond acceptors (Lipinski definition) is 12. The van der Waals surface area contributed by atoms with Crippen LogP contribution in [0.4, 0.5) is 4.79 Å². The number of likely N-dealkylation sites (N-methyl/N-ethyl adjacent to an activating group) is 1. The largest absolute Gasteiger partial charge is 0.496 e. The van der Waals surface area contributed by atoms with Crippen LogP contribution in [0.5, 0.6) is 5.75 Å². The monoisotopic (exact) mass is 929 g/mol. The molecule has 0 aromatic heterocycles. The Labute approximate surface area is 392 Å². The molecule has 2 aliphatic rings. The zero-order valence-electron chi connectivity index (χ0n) is 39.7. The third kappa shape index (κ3) is 16.7. The first kappa shape index (κ1) is 53.1. The van der Waals surface area contributed by atoms with Crippen molar-refractivity contribution >= 4 is 41.6 Å². The number of ether oxygens (including phenoxy) is 4. The minimum atomic E-state index is -1.23. The summed E-state index contributed by atoms with van der Waals surface area (Å²) >= 11 is 0. The zero-order chi connectivity index (χ0) is 49.1. The lowest BCUT2D eigenvalue weighted by atomic mass is 9.76. The van der Waals surface area contributed by atoms with E-state index in [1.165, 1.54) is 19.1 Å². The molecule has 1 aliphatic heterocycles. The number of nitrogens with two attached hydrogens (primary N) is 1. The topological polar surface area (TPSA) is 246 Å². The fourth-order valence-corrected chi connectivity index (χ4v) is 7.22. The summed E-state index contributed by atoms with van der Waals surface area (Å²) in [4.78, 5) is 90.6. The molecule has 18 nitrogen and oxygen atoms in total. The number of nitrogens with one attached hydrogen (secondary N) is 5. The maximum Gasteiger partial charge on any atom is 0.407 e. The molecule has 364 valence electrons. The van der Waals surface area contributed by atoms with Gasteiger partial charge >= 0.3 is 12.1 Å². The maximum absolute atomic E-state index is 13.9. The van der Waals surface area contributed by atoms with Gasteiger partial charge in [0.1, 0.15) is 29.5 Å². The molecule has 3 aromatic rings. The van der Waals surface area contributed by atoms with E-state index < -0.39 is 78.9 Å². The van der Waals surface area contributed by atoms with Crippen molar-refractivity contribution < 1.29 is 52.5 Å². The lowest BCUT2D eigenvalue weighted by Gasteiger charge is -2.32. The van der Waals surface area contributed by atoms with E-state index in [0.29, 0.717) is 17.9 Å². The van der Waals surface area contributed by atoms with Gasteiger partial charge in [-0.2, -0.15) is 0 Å². The second kappa shape index (κ2) is 26.0. The van der Waals surface area contributed by atoms with E-state index in [-0.39, 0.29) is 31.6 Å². The highest BCUT2D eigenvalue weighted by atomic mass is 16.6. The van der Waals surface area contributed by atoms with Gasteiger partial charge in [0, 0.05) is 25.6 Å². The minimum absolute atomic E-state index is 0.0653. The Morgan fingerprint density at radius 3 is 2.28 bits per heavy atom. The van der Waals surface area contributed by atoms with E-state index in [4.69, 9.17) is 24.7 Å². The van der Waals surface area contributed by atoms with Gasteiger partial charge in [-0.3, -0.25) is 24.0 Å². The Balaban J connectivity index is 0.000000716. The molecule has 1 heterocycles. The summed E-state index contributed by atoms with van der Waals surface area (Å²) in [5.74, 6) is -2.99. The van der Waals surface area contributed by atoms with Crippen molar-refractivity contribution in [3.05, 3.63) is 89.0 Å². The van der Waals surface area contributed by atoms with E-state index >= 15 is 0 Å². The Bertz CT molecular complexity index is 2180. The second-order valence-electron chi connectivity index (χ2n) is 17.4. The number of alkyl carbamates (subject to hydrolysis) is 1. The molecular weight excluding hydrogens is 863 g/mol. The first-order valence-electron chi connectivity index (χ1n) is 22.5. The number of nitrogens with zero attached hydrogens (tertiary/aromatic N) is 1. The highest BCUT2D eigenvalue weighted by Gasteiger charge is 2.33. The average molecular weight is 930 g/mol. The predicted molar refractivity (Wildman–Crippen MR) is 250 cm³/mol. The fraction of sp³-hybridized carbons (Fsp3) is 0.490. The fourth-order valence-electron chi connectivity index (χ4n) is 7.22. The van der Waals surface area contributed by atoms with Crippen LogP contribution < -0.4 is 37.1 Å². The molecule has 1 saturated carbocycles. The van der Waals surface area contributed by atoms with Crippen molar-refractivity contribution in [3.63, 3.8) is 0 Å². The molecule has 3 atom stereocenters. The van der Waals surface area contributed by atoms with Gasteiger partial charge in [-0.15, -0.1) is 0 Å². The molecule has 5 rings (SSSR count). The molecule has 1 unspecified atom stereocenters. The number of unbranched alkanes of at least 4 members (excludes halogenated alkanes) is 1. The summed E-state index contributed by atoms with van der Waals surface area (Å²) in [6.07, 6.45) is 4.94. The van der Waals surface area contributed by atoms with Crippen LogP contribution in [-0.2, 0) is 56.0 Å². The van der Waals surface area contributed by atoms with Crippen LogP contribution in [0.2, 0.25) is 0 Å². The van der Waals surface area contributed by atoms with Crippen LogP contribution in [0.25, 0.3) is 11.1 Å². The molecule has 18 heteroatoms. The van der Waals surface area contributed by atoms with Gasteiger partial charge < -0.3 is 56.2 Å². The van der Waals surface area contributed by atoms with Crippen molar-refractivity contribution in [2.24, 2.45) is 5.73 Å². The molecule has 0 saturated heterocycles. The van der Waals surface area contributed by atoms with Crippen molar-refractivity contribution in [2.75, 3.05) is 54.1 Å². The molecule has 3 aromatic carbocycles. The minimum Gasteiger partial charge on any atom is -0.496 e. The molecule has 1 aliphatic carbocycles. The number of hydrogen-bond donors (Lipinski definition) is 6. The van der Waals surface area contributed by atoms with Crippen LogP contribution in [0.15, 0.2) is 66.7 Å². The normalized spacial score (nSPS) is 16.4. The molecule has 1 fully saturated rings. The number of carbonyl (C=O) groups excluding carboxylic acids is 7. The van der Waals surface area contributed by atoms with E-state index in [1.807, 2.05) is 75.4 Å². The molecular formula is C49H67N7O11. The number of esters is 1. The summed E-state index contributed by atoms with van der Waals surface area (Å²) in [6.45, 7) is 7.12. The number of methoxy groups -OCH3 is 2. The van der Waals surface area contributed by atoms with E-state index in [9.17, 15) is 33.6 Å². The smallest absolute Gasteiger partial charge is 0.407 e. The molecule has 7 N–H and O–H groups in total. The number of benzene rings is 3. The van der Waals surface area contributed by atoms with Crippen LogP contribution >= 0.6 is 0 Å². The van der Waals surface area contributed by atoms with Gasteiger partial charge in [0.25, 0.3) is 0 Å². The van der Waals surface area contributed by atoms with Gasteiger partial charge in [0.15, 0.2) is 0 Å². The van der Waals surface area contributed by atoms with E-state index in [0.717, 1.165) is 59.9 Å². The molecule has 67 heavy (non-hydrogen) atoms. The van der Waals surface area contributed by atoms with Crippen molar-refractivity contribution in [1.29, 1.82) is 0 Å². The summed E-state index contributed by atoms with van der Waals surface area (Å²) in [7, 11) is 4.21. The van der Waals surface area contributed by atoms with Crippen molar-refractivity contribution in [1.82, 2.24) is 31.5 Å². The third-order valence-corrected chi connectivity index (χ3v) is 11.0. The van der Waals surface area contributed by atoms with Crippen molar-refractivity contribution in [2.45, 2.75) is 102 Å². The van der Waals surface area contributed by atoms with Gasteiger partial charge in [0.2, 0.25) is 29.5 Å². The molecule has 0 radical (unpaired) electrons. The first-order valence-corrected chi connectivity index (χ1v) is 22.5. The number of rotatable bonds is 16. The average Bonchev–Trinajstić information content (AvgIpc) is 3.28. The summed E-state index contributed by atoms with van der Waals surface area (Å²) in [5, 5.41) is 12.8. The van der Waals surface area contributed by atoms with E-state index in [1.54, 1.807) is 19.2 Å². The number of fused-ring (bicyclic) bond motifs is 5. The maximum atomic E-state index is 13.9. The standard InChI is InChI=1S/C40H48N6O9.C9H19NO2/c1-46(36(49)21-42-34(47)19-43-38(50)31(41)23-55-22-24-8-5-4-6-9-24)37-27-13-14-28(26-10-7-11-26)29(18-27)30-16-25(12-15-33(30)53-2)17-32(40(52)54-3)45-35(48)20-44-39(37)51;1-5-6-7-10-8(11)12-9(2,3)4/h4-6,8-9,12-16,18,26,31-32,37H,7,10-11,17,19-23,41H2,1-3H3,(H,42,47)(H,43,50)(H,44,51)(H,45,48);5-7H2,1-4H3,(H,10,11)/t31-,32+,37?;/m1./s1. The number of carbonyl (C=O) groups is 7. The Hall–Kier alpha value is -6.53. The van der Waals surface area contributed by atoms with Crippen LogP contribution in [0, 0.1) is 0 Å². The Morgan fingerprint density at radius 2 is 1.64 bits per heavy atom. The Morgan fingerprint density at radius 1 is 0.910 bits per heavy atom. The molecule has 4 bridgehead atoms. The van der Waals surface area contributed by atoms with Gasteiger partial charge in [-0.25, -0.2) is 9.59 Å². The quantitative estimate of drug-likeness (QED) is 0.0893. The first-order chi connectivity index (χ1) is 31.9. The summed E-state index contributed by atoms with van der Waals surface area (Å²) in [6, 6.07) is 17.2. The SMILES string of the molecule is CCCCNC(=O)OC(C)(C)C.COC(=O)[C@@H]1Cc2ccc(OC)c(c2)-c2cc(ccc2C2CCC2)C(N(C)C(=O)CNC(=O)CNC(=O)[C@H](N)COCc2ccccc2)C(=O)NCC(=O)N1. The number of amides is 6. The lowest BCUT2D eigenvalue weighted by Crippen LogP contribution is -2.50. The van der Waals surface area contributed by atoms with Crippen LogP contribution in [0.1, 0.15) is 94.0 Å². The summed E-state index contributed by atoms with van der Waals surface area (Å²) < 4.78 is 21.3. The van der Waals surface area contributed by atoms with Crippen LogP contribution in [0.3, 0.4) is 0 Å². The van der Waals surface area contributed by atoms with Crippen molar-refractivity contribution in [3.8, 4) is 16.9 Å². The predicted octanol–water partition coefficient (Wildman–Crippen LogP) is 3.55. The summed E-state index contributed by atoms with van der Waals surface area (Å²) in [5.41, 5.74) is 10.2.